The molecule has 0 heterocycles. The molecule has 0 aromatic heterocycles. The first-order valence-electron chi connectivity index (χ1n) is 6.14. The van der Waals surface area contributed by atoms with Crippen molar-refractivity contribution in [2.24, 2.45) is 0 Å². The molecule has 0 fully saturated rings. The van der Waals surface area contributed by atoms with Gasteiger partial charge >= 0.3 is 0 Å². The normalized spacial score (nSPS) is 13.4. The van der Waals surface area contributed by atoms with Crippen LogP contribution in [-0.4, -0.2) is 40.5 Å². The summed E-state index contributed by atoms with van der Waals surface area (Å²) in [6.07, 6.45) is 0. The lowest BCUT2D eigenvalue weighted by atomic mass is 10.2. The van der Waals surface area contributed by atoms with Crippen molar-refractivity contribution in [3.05, 3.63) is 34.9 Å². The molecule has 4 nitrogen and oxygen atoms in total. The Morgan fingerprint density at radius 3 is 2.47 bits per heavy atom. The van der Waals surface area contributed by atoms with Crippen LogP contribution in [0.4, 0.5) is 0 Å². The number of likely N-dealkylation sites (N-methyl/N-ethyl adjacent to an activating group) is 1. The molecule has 6 heteroatoms. The van der Waals surface area contributed by atoms with Crippen LogP contribution in [0.15, 0.2) is 24.3 Å². The van der Waals surface area contributed by atoms with Gasteiger partial charge in [0.05, 0.1) is 18.1 Å². The molecule has 0 saturated heterocycles. The molecule has 0 amide bonds. The molecule has 1 aromatic rings. The number of halogens is 1. The quantitative estimate of drug-likeness (QED) is 0.797. The Kier molecular flexibility index (Phi) is 6.79. The molecule has 0 aliphatic rings. The van der Waals surface area contributed by atoms with E-state index in [0.717, 1.165) is 5.56 Å². The van der Waals surface area contributed by atoms with Crippen LogP contribution in [0.3, 0.4) is 0 Å². The molecule has 0 saturated carbocycles. The van der Waals surface area contributed by atoms with Crippen LogP contribution >= 0.6 is 11.6 Å². The summed E-state index contributed by atoms with van der Waals surface area (Å²) >= 11 is 5.77. The Labute approximate surface area is 120 Å². The van der Waals surface area contributed by atoms with Crippen LogP contribution in [0.2, 0.25) is 5.02 Å². The summed E-state index contributed by atoms with van der Waals surface area (Å²) in [6, 6.07) is 6.69. The molecule has 0 spiro atoms. The third kappa shape index (κ3) is 6.38. The minimum absolute atomic E-state index is 0.0236. The number of ether oxygens (including phenoxy) is 1. The zero-order chi connectivity index (χ0) is 14.3. The molecule has 1 aromatic carbocycles. The zero-order valence-corrected chi connectivity index (χ0v) is 12.8. The maximum Gasteiger partial charge on any atom is 0.156 e. The summed E-state index contributed by atoms with van der Waals surface area (Å²) in [7, 11) is -1.61. The maximum atomic E-state index is 12.1. The van der Waals surface area contributed by atoms with E-state index in [1.54, 1.807) is 31.4 Å². The van der Waals surface area contributed by atoms with Gasteiger partial charge in [0.15, 0.2) is 9.84 Å². The van der Waals surface area contributed by atoms with Gasteiger partial charge in [-0.1, -0.05) is 30.7 Å². The van der Waals surface area contributed by atoms with E-state index < -0.39 is 9.84 Å². The topological polar surface area (TPSA) is 55.4 Å². The number of hydrogen-bond donors (Lipinski definition) is 1. The largest absolute Gasteiger partial charge is 0.383 e. The van der Waals surface area contributed by atoms with E-state index in [1.807, 2.05) is 6.92 Å². The summed E-state index contributed by atoms with van der Waals surface area (Å²) in [4.78, 5) is 0. The van der Waals surface area contributed by atoms with Gasteiger partial charge in [0.25, 0.3) is 0 Å². The average Bonchev–Trinajstić information content (AvgIpc) is 2.32. The van der Waals surface area contributed by atoms with Crippen LogP contribution in [0.1, 0.15) is 12.5 Å². The molecule has 19 heavy (non-hydrogen) atoms. The predicted molar refractivity (Wildman–Crippen MR) is 78.3 cm³/mol. The number of benzene rings is 1. The average molecular weight is 306 g/mol. The Balaban J connectivity index is 2.66. The van der Waals surface area contributed by atoms with Crippen molar-refractivity contribution in [3.8, 4) is 0 Å². The van der Waals surface area contributed by atoms with Gasteiger partial charge in [-0.05, 0) is 24.2 Å². The second kappa shape index (κ2) is 7.85. The predicted octanol–water partition coefficient (Wildman–Crippen LogP) is 1.88. The molecular formula is C13H20ClNO3S. The Bertz CT molecular complexity index is 467. The van der Waals surface area contributed by atoms with Crippen molar-refractivity contribution in [1.29, 1.82) is 0 Å². The minimum Gasteiger partial charge on any atom is -0.383 e. The van der Waals surface area contributed by atoms with E-state index in [1.165, 1.54) is 0 Å². The van der Waals surface area contributed by atoms with Crippen LogP contribution in [0, 0.1) is 0 Å². The molecule has 108 valence electrons. The number of nitrogens with one attached hydrogen (secondary N) is 1. The van der Waals surface area contributed by atoms with Gasteiger partial charge in [0.1, 0.15) is 0 Å². The fourth-order valence-corrected chi connectivity index (χ4v) is 3.63. The standard InChI is InChI=1S/C13H20ClNO3S/c1-3-15-13(8-18-2)10-19(16,17)9-11-4-6-12(14)7-5-11/h4-7,13,15H,3,8-10H2,1-2H3. The number of hydrogen-bond acceptors (Lipinski definition) is 4. The van der Waals surface area contributed by atoms with Crippen LogP contribution in [0.5, 0.6) is 0 Å². The highest BCUT2D eigenvalue weighted by Gasteiger charge is 2.19. The van der Waals surface area contributed by atoms with Gasteiger partial charge in [0.2, 0.25) is 0 Å². The Morgan fingerprint density at radius 2 is 1.95 bits per heavy atom. The maximum absolute atomic E-state index is 12.1. The van der Waals surface area contributed by atoms with Crippen LogP contribution in [0.25, 0.3) is 0 Å². The molecule has 0 aliphatic carbocycles. The number of methoxy groups -OCH3 is 1. The van der Waals surface area contributed by atoms with E-state index in [-0.39, 0.29) is 17.5 Å². The number of sulfone groups is 1. The second-order valence-corrected chi connectivity index (χ2v) is 6.94. The zero-order valence-electron chi connectivity index (χ0n) is 11.2. The van der Waals surface area contributed by atoms with Gasteiger partial charge < -0.3 is 10.1 Å². The summed E-state index contributed by atoms with van der Waals surface area (Å²) < 4.78 is 29.3. The van der Waals surface area contributed by atoms with Gasteiger partial charge in [-0.25, -0.2) is 8.42 Å². The molecule has 0 bridgehead atoms. The third-order valence-electron chi connectivity index (χ3n) is 2.62. The van der Waals surface area contributed by atoms with E-state index in [2.05, 4.69) is 5.32 Å². The third-order valence-corrected chi connectivity index (χ3v) is 4.55. The lowest BCUT2D eigenvalue weighted by Gasteiger charge is -2.17. The fourth-order valence-electron chi connectivity index (χ4n) is 1.86. The Hall–Kier alpha value is -0.620. The highest BCUT2D eigenvalue weighted by atomic mass is 35.5. The highest BCUT2D eigenvalue weighted by molar-refractivity contribution is 7.90. The number of rotatable bonds is 8. The monoisotopic (exact) mass is 305 g/mol. The first-order chi connectivity index (χ1) is 8.96. The van der Waals surface area contributed by atoms with Crippen molar-refractivity contribution in [1.82, 2.24) is 5.32 Å². The molecule has 1 N–H and O–H groups in total. The highest BCUT2D eigenvalue weighted by Crippen LogP contribution is 2.13. The molecule has 0 aliphatic heterocycles. The van der Waals surface area contributed by atoms with E-state index >= 15 is 0 Å². The van der Waals surface area contributed by atoms with Gasteiger partial charge in [0, 0.05) is 18.2 Å². The van der Waals surface area contributed by atoms with Crippen molar-refractivity contribution >= 4 is 21.4 Å². The van der Waals surface area contributed by atoms with Crippen LogP contribution in [-0.2, 0) is 20.3 Å². The van der Waals surface area contributed by atoms with Crippen molar-refractivity contribution in [2.45, 2.75) is 18.7 Å². The first-order valence-corrected chi connectivity index (χ1v) is 8.34. The lowest BCUT2D eigenvalue weighted by molar-refractivity contribution is 0.174. The summed E-state index contributed by atoms with van der Waals surface area (Å²) in [5, 5.41) is 3.71. The van der Waals surface area contributed by atoms with E-state index in [4.69, 9.17) is 16.3 Å². The van der Waals surface area contributed by atoms with Crippen molar-refractivity contribution < 1.29 is 13.2 Å². The first kappa shape index (κ1) is 16.4. The van der Waals surface area contributed by atoms with Crippen molar-refractivity contribution in [3.63, 3.8) is 0 Å². The van der Waals surface area contributed by atoms with Gasteiger partial charge in [-0.3, -0.25) is 0 Å². The SMILES string of the molecule is CCNC(COC)CS(=O)(=O)Cc1ccc(Cl)cc1. The van der Waals surface area contributed by atoms with Gasteiger partial charge in [-0.15, -0.1) is 0 Å². The van der Waals surface area contributed by atoms with Crippen LogP contribution < -0.4 is 5.32 Å². The van der Waals surface area contributed by atoms with E-state index in [0.29, 0.717) is 18.2 Å². The smallest absolute Gasteiger partial charge is 0.156 e. The van der Waals surface area contributed by atoms with E-state index in [9.17, 15) is 8.42 Å². The lowest BCUT2D eigenvalue weighted by Crippen LogP contribution is -2.39. The minimum atomic E-state index is -3.18. The summed E-state index contributed by atoms with van der Waals surface area (Å²) in [6.45, 7) is 3.03. The fraction of sp³-hybridized carbons (Fsp3) is 0.538. The second-order valence-electron chi connectivity index (χ2n) is 4.39. The van der Waals surface area contributed by atoms with Crippen molar-refractivity contribution in [2.75, 3.05) is 26.0 Å². The molecular weight excluding hydrogens is 286 g/mol. The summed E-state index contributed by atoms with van der Waals surface area (Å²) in [5.41, 5.74) is 0.747. The Morgan fingerprint density at radius 1 is 1.32 bits per heavy atom. The molecule has 1 unspecified atom stereocenters. The molecule has 1 rings (SSSR count). The summed E-state index contributed by atoms with van der Waals surface area (Å²) in [5.74, 6) is 0.0904. The molecule has 0 radical (unpaired) electrons. The van der Waals surface area contributed by atoms with Gasteiger partial charge in [-0.2, -0.15) is 0 Å². The molecule has 1 atom stereocenters.